The van der Waals surface area contributed by atoms with Crippen molar-refractivity contribution in [3.8, 4) is 18.2 Å². The van der Waals surface area contributed by atoms with Gasteiger partial charge in [-0.15, -0.1) is 0 Å². The predicted octanol–water partition coefficient (Wildman–Crippen LogP) is 3.68. The maximum absolute atomic E-state index is 12.8. The van der Waals surface area contributed by atoms with Gasteiger partial charge in [0, 0.05) is 10.7 Å². The van der Waals surface area contributed by atoms with Crippen molar-refractivity contribution in [1.29, 1.82) is 15.8 Å². The van der Waals surface area contributed by atoms with E-state index in [4.69, 9.17) is 15.8 Å². The monoisotopic (exact) mass is 340 g/mol. The summed E-state index contributed by atoms with van der Waals surface area (Å²) in [5, 5.41) is 28.2. The average Bonchev–Trinajstić information content (AvgIpc) is 2.39. The van der Waals surface area contributed by atoms with E-state index in [0.717, 1.165) is 18.3 Å². The number of anilines is 1. The van der Waals surface area contributed by atoms with E-state index in [1.54, 1.807) is 12.1 Å². The van der Waals surface area contributed by atoms with E-state index in [0.29, 0.717) is 0 Å². The van der Waals surface area contributed by atoms with Crippen molar-refractivity contribution >= 4 is 21.6 Å². The van der Waals surface area contributed by atoms with Gasteiger partial charge in [-0.25, -0.2) is 0 Å². The summed E-state index contributed by atoms with van der Waals surface area (Å²) in [6, 6.07) is 6.31. The van der Waals surface area contributed by atoms with E-state index < -0.39 is 17.3 Å². The Morgan fingerprint density at radius 1 is 1.20 bits per heavy atom. The second-order valence-electron chi connectivity index (χ2n) is 3.41. The number of benzene rings is 1. The molecule has 0 aliphatic heterocycles. The van der Waals surface area contributed by atoms with Gasteiger partial charge in [-0.3, -0.25) is 0 Å². The largest absolute Gasteiger partial charge is 0.417 e. The zero-order valence-corrected chi connectivity index (χ0v) is 11.2. The Morgan fingerprint density at radius 3 is 2.25 bits per heavy atom. The zero-order valence-electron chi connectivity index (χ0n) is 9.59. The molecule has 4 nitrogen and oxygen atoms in total. The van der Waals surface area contributed by atoms with Crippen LogP contribution >= 0.6 is 15.9 Å². The molecule has 1 N–H and O–H groups in total. The fourth-order valence-corrected chi connectivity index (χ4v) is 1.71. The number of nitrogens with one attached hydrogen (secondary N) is 1. The SMILES string of the molecule is N#CC(C#N)=CNc1cc(C(F)(F)F)c(C#N)cc1Br. The molecular formula is C12H4BrF3N4. The summed E-state index contributed by atoms with van der Waals surface area (Å²) >= 11 is 3.01. The lowest BCUT2D eigenvalue weighted by molar-refractivity contribution is -0.137. The summed E-state index contributed by atoms with van der Waals surface area (Å²) in [5.41, 5.74) is -1.94. The van der Waals surface area contributed by atoms with E-state index >= 15 is 0 Å². The first kappa shape index (κ1) is 15.6. The maximum atomic E-state index is 12.8. The van der Waals surface area contributed by atoms with Crippen LogP contribution in [-0.2, 0) is 6.18 Å². The molecule has 0 spiro atoms. The van der Waals surface area contributed by atoms with Gasteiger partial charge in [0.05, 0.1) is 22.9 Å². The first-order valence-corrected chi connectivity index (χ1v) is 5.70. The topological polar surface area (TPSA) is 83.4 Å². The summed E-state index contributed by atoms with van der Waals surface area (Å²) in [4.78, 5) is 0. The molecule has 0 aromatic heterocycles. The van der Waals surface area contributed by atoms with E-state index in [1.807, 2.05) is 0 Å². The Bertz CT molecular complexity index is 671. The molecule has 0 bridgehead atoms. The lowest BCUT2D eigenvalue weighted by Crippen LogP contribution is -2.09. The molecule has 0 radical (unpaired) electrons. The molecule has 0 unspecified atom stereocenters. The van der Waals surface area contributed by atoms with Crippen molar-refractivity contribution in [3.63, 3.8) is 0 Å². The number of halogens is 4. The molecule has 0 aliphatic carbocycles. The van der Waals surface area contributed by atoms with Crippen LogP contribution < -0.4 is 5.32 Å². The quantitative estimate of drug-likeness (QED) is 0.832. The molecule has 0 saturated heterocycles. The highest BCUT2D eigenvalue weighted by molar-refractivity contribution is 9.10. The molecule has 0 amide bonds. The van der Waals surface area contributed by atoms with Crippen molar-refractivity contribution in [1.82, 2.24) is 0 Å². The van der Waals surface area contributed by atoms with Gasteiger partial charge in [-0.2, -0.15) is 29.0 Å². The Morgan fingerprint density at radius 2 is 1.80 bits per heavy atom. The van der Waals surface area contributed by atoms with Gasteiger partial charge in [0.15, 0.2) is 0 Å². The number of nitrogens with zero attached hydrogens (tertiary/aromatic N) is 3. The normalized spacial score (nSPS) is 9.85. The van der Waals surface area contributed by atoms with Crippen LogP contribution in [0.5, 0.6) is 0 Å². The number of hydrogen-bond donors (Lipinski definition) is 1. The summed E-state index contributed by atoms with van der Waals surface area (Å²) < 4.78 is 38.5. The number of rotatable bonds is 2. The Labute approximate surface area is 120 Å². The first-order valence-electron chi connectivity index (χ1n) is 4.91. The predicted molar refractivity (Wildman–Crippen MR) is 66.8 cm³/mol. The van der Waals surface area contributed by atoms with Crippen LogP contribution in [0.3, 0.4) is 0 Å². The van der Waals surface area contributed by atoms with Gasteiger partial charge in [-0.1, -0.05) is 0 Å². The smallest absolute Gasteiger partial charge is 0.359 e. The van der Waals surface area contributed by atoms with E-state index in [9.17, 15) is 13.2 Å². The minimum absolute atomic E-state index is 0.0145. The van der Waals surface area contributed by atoms with Crippen molar-refractivity contribution in [3.05, 3.63) is 39.5 Å². The fraction of sp³-hybridized carbons (Fsp3) is 0.0833. The number of hydrogen-bond acceptors (Lipinski definition) is 4. The molecule has 1 rings (SSSR count). The summed E-state index contributed by atoms with van der Waals surface area (Å²) in [6.45, 7) is 0. The third kappa shape index (κ3) is 3.50. The Kier molecular flexibility index (Phi) is 4.74. The molecule has 0 aliphatic rings. The Balaban J connectivity index is 3.32. The minimum Gasteiger partial charge on any atom is -0.359 e. The Hall–Kier alpha value is -2.50. The number of nitriles is 3. The van der Waals surface area contributed by atoms with Gasteiger partial charge < -0.3 is 5.32 Å². The van der Waals surface area contributed by atoms with Crippen LogP contribution in [0.15, 0.2) is 28.4 Å². The summed E-state index contributed by atoms with van der Waals surface area (Å²) in [5.74, 6) is 0. The second-order valence-corrected chi connectivity index (χ2v) is 4.27. The van der Waals surface area contributed by atoms with Crippen LogP contribution in [0.25, 0.3) is 0 Å². The van der Waals surface area contributed by atoms with Gasteiger partial charge in [0.2, 0.25) is 0 Å². The molecule has 0 atom stereocenters. The van der Waals surface area contributed by atoms with Crippen LogP contribution in [0.2, 0.25) is 0 Å². The van der Waals surface area contributed by atoms with Crippen molar-refractivity contribution in [2.45, 2.75) is 6.18 Å². The highest BCUT2D eigenvalue weighted by atomic mass is 79.9. The lowest BCUT2D eigenvalue weighted by Gasteiger charge is -2.12. The molecule has 0 fully saturated rings. The molecule has 20 heavy (non-hydrogen) atoms. The van der Waals surface area contributed by atoms with Crippen LogP contribution in [0.1, 0.15) is 11.1 Å². The van der Waals surface area contributed by atoms with E-state index in [-0.39, 0.29) is 15.7 Å². The van der Waals surface area contributed by atoms with E-state index in [1.165, 1.54) is 6.07 Å². The van der Waals surface area contributed by atoms with Crippen LogP contribution in [0.4, 0.5) is 18.9 Å². The van der Waals surface area contributed by atoms with Gasteiger partial charge in [0.1, 0.15) is 17.7 Å². The number of alkyl halides is 3. The standard InChI is InChI=1S/C12H4BrF3N4/c13-10-1-8(5-19)9(12(14,15)16)2-11(10)20-6-7(3-17)4-18/h1-2,6,20H. The maximum Gasteiger partial charge on any atom is 0.417 e. The molecule has 1 aromatic carbocycles. The molecule has 100 valence electrons. The fourth-order valence-electron chi connectivity index (χ4n) is 1.25. The van der Waals surface area contributed by atoms with E-state index in [2.05, 4.69) is 21.2 Å². The van der Waals surface area contributed by atoms with Gasteiger partial charge in [-0.05, 0) is 28.1 Å². The first-order chi connectivity index (χ1) is 9.33. The van der Waals surface area contributed by atoms with Crippen molar-refractivity contribution in [2.75, 3.05) is 5.32 Å². The third-order valence-corrected chi connectivity index (χ3v) is 2.80. The highest BCUT2D eigenvalue weighted by Gasteiger charge is 2.34. The molecule has 1 aromatic rings. The molecule has 8 heteroatoms. The van der Waals surface area contributed by atoms with Crippen molar-refractivity contribution in [2.24, 2.45) is 0 Å². The zero-order chi connectivity index (χ0) is 15.3. The summed E-state index contributed by atoms with van der Waals surface area (Å²) in [6.07, 6.45) is -3.70. The highest BCUT2D eigenvalue weighted by Crippen LogP contribution is 2.36. The van der Waals surface area contributed by atoms with Gasteiger partial charge >= 0.3 is 6.18 Å². The minimum atomic E-state index is -4.68. The average molecular weight is 341 g/mol. The van der Waals surface area contributed by atoms with Crippen LogP contribution in [0, 0.1) is 34.0 Å². The number of allylic oxidation sites excluding steroid dienone is 1. The van der Waals surface area contributed by atoms with Crippen molar-refractivity contribution < 1.29 is 13.2 Å². The third-order valence-electron chi connectivity index (χ3n) is 2.15. The van der Waals surface area contributed by atoms with Gasteiger partial charge in [0.25, 0.3) is 0 Å². The molecule has 0 saturated carbocycles. The van der Waals surface area contributed by atoms with Crippen LogP contribution in [-0.4, -0.2) is 0 Å². The summed E-state index contributed by atoms with van der Waals surface area (Å²) in [7, 11) is 0. The molecular weight excluding hydrogens is 337 g/mol. The second kappa shape index (κ2) is 6.10. The molecule has 0 heterocycles. The lowest BCUT2D eigenvalue weighted by atomic mass is 10.1.